The van der Waals surface area contributed by atoms with Gasteiger partial charge in [0.2, 0.25) is 0 Å². The van der Waals surface area contributed by atoms with E-state index in [1.165, 1.54) is 25.0 Å². The number of amidine groups is 1. The van der Waals surface area contributed by atoms with Crippen molar-refractivity contribution in [2.24, 2.45) is 10.9 Å². The number of hydrogen-bond donors (Lipinski definition) is 1. The van der Waals surface area contributed by atoms with Gasteiger partial charge in [-0.05, 0) is 26.2 Å². The van der Waals surface area contributed by atoms with Crippen LogP contribution in [0, 0.1) is 5.92 Å². The lowest BCUT2D eigenvalue weighted by Crippen LogP contribution is -2.46. The maximum absolute atomic E-state index is 4.69. The average molecular weight is 228 g/mol. The number of nitrogens with zero attached hydrogens (tertiary/aromatic N) is 1. The third kappa shape index (κ3) is 4.45. The second-order valence-corrected chi connectivity index (χ2v) is 6.02. The Morgan fingerprint density at radius 3 is 2.60 bits per heavy atom. The van der Waals surface area contributed by atoms with Crippen molar-refractivity contribution in [2.75, 3.05) is 12.3 Å². The van der Waals surface area contributed by atoms with Gasteiger partial charge in [-0.25, -0.2) is 0 Å². The van der Waals surface area contributed by atoms with Crippen LogP contribution in [-0.2, 0) is 0 Å². The molecule has 1 aliphatic heterocycles. The molecule has 0 aromatic heterocycles. The summed E-state index contributed by atoms with van der Waals surface area (Å²) in [6, 6.07) is 0. The van der Waals surface area contributed by atoms with Crippen LogP contribution in [0.3, 0.4) is 0 Å². The standard InChI is InChI=1S/C12H24N2S/c1-5-10(6-2)9-13-11-14-12(3,4)7-8-15-11/h10H,5-9H2,1-4H3,(H,13,14). The summed E-state index contributed by atoms with van der Waals surface area (Å²) >= 11 is 1.87. The van der Waals surface area contributed by atoms with Crippen molar-refractivity contribution in [3.63, 3.8) is 0 Å². The Balaban J connectivity index is 2.45. The van der Waals surface area contributed by atoms with Gasteiger partial charge in [0.1, 0.15) is 0 Å². The molecule has 3 heteroatoms. The number of aliphatic imine (C=N–C) groups is 1. The normalized spacial score (nSPS) is 23.1. The SMILES string of the molecule is CCC(CC)CN=C1NC(C)(C)CCS1. The summed E-state index contributed by atoms with van der Waals surface area (Å²) in [6.45, 7) is 9.98. The van der Waals surface area contributed by atoms with Gasteiger partial charge in [-0.3, -0.25) is 4.99 Å². The van der Waals surface area contributed by atoms with E-state index in [2.05, 4.69) is 38.0 Å². The first-order valence-corrected chi connectivity index (χ1v) is 7.01. The summed E-state index contributed by atoms with van der Waals surface area (Å²) in [6.07, 6.45) is 3.70. The second kappa shape index (κ2) is 5.78. The van der Waals surface area contributed by atoms with Crippen LogP contribution >= 0.6 is 11.8 Å². The smallest absolute Gasteiger partial charge is 0.156 e. The molecule has 0 atom stereocenters. The van der Waals surface area contributed by atoms with E-state index in [0.29, 0.717) is 0 Å². The molecule has 0 amide bonds. The Morgan fingerprint density at radius 2 is 2.07 bits per heavy atom. The van der Waals surface area contributed by atoms with Crippen LogP contribution < -0.4 is 5.32 Å². The highest BCUT2D eigenvalue weighted by Crippen LogP contribution is 2.22. The lowest BCUT2D eigenvalue weighted by molar-refractivity contribution is 0.443. The largest absolute Gasteiger partial charge is 0.360 e. The molecule has 1 heterocycles. The predicted octanol–water partition coefficient (Wildman–Crippen LogP) is 3.28. The summed E-state index contributed by atoms with van der Waals surface area (Å²) in [5, 5.41) is 4.66. The fourth-order valence-electron chi connectivity index (χ4n) is 1.63. The molecule has 1 fully saturated rings. The average Bonchev–Trinajstić information content (AvgIpc) is 2.18. The number of nitrogens with one attached hydrogen (secondary N) is 1. The van der Waals surface area contributed by atoms with Gasteiger partial charge in [-0.15, -0.1) is 0 Å². The first-order chi connectivity index (χ1) is 7.07. The summed E-state index contributed by atoms with van der Waals surface area (Å²) in [5.41, 5.74) is 0.234. The zero-order chi connectivity index (χ0) is 11.3. The van der Waals surface area contributed by atoms with Crippen molar-refractivity contribution in [1.82, 2.24) is 5.32 Å². The zero-order valence-electron chi connectivity index (χ0n) is 10.5. The van der Waals surface area contributed by atoms with Crippen LogP contribution in [0.5, 0.6) is 0 Å². The highest BCUT2D eigenvalue weighted by atomic mass is 32.2. The van der Waals surface area contributed by atoms with Crippen molar-refractivity contribution in [2.45, 2.75) is 52.5 Å². The monoisotopic (exact) mass is 228 g/mol. The Hall–Kier alpha value is -0.180. The lowest BCUT2D eigenvalue weighted by Gasteiger charge is -2.32. The molecule has 1 N–H and O–H groups in total. The van der Waals surface area contributed by atoms with E-state index in [1.807, 2.05) is 11.8 Å². The molecule has 0 aliphatic carbocycles. The van der Waals surface area contributed by atoms with Gasteiger partial charge in [0.25, 0.3) is 0 Å². The lowest BCUT2D eigenvalue weighted by atomic mass is 10.0. The number of hydrogen-bond acceptors (Lipinski definition) is 2. The fraction of sp³-hybridized carbons (Fsp3) is 0.917. The molecule has 0 unspecified atom stereocenters. The van der Waals surface area contributed by atoms with Crippen LogP contribution in [0.1, 0.15) is 47.0 Å². The molecular weight excluding hydrogens is 204 g/mol. The van der Waals surface area contributed by atoms with E-state index >= 15 is 0 Å². The van der Waals surface area contributed by atoms with Crippen molar-refractivity contribution < 1.29 is 0 Å². The van der Waals surface area contributed by atoms with Gasteiger partial charge < -0.3 is 5.32 Å². The van der Waals surface area contributed by atoms with Gasteiger partial charge in [0.05, 0.1) is 0 Å². The van der Waals surface area contributed by atoms with Crippen LogP contribution in [0.2, 0.25) is 0 Å². The van der Waals surface area contributed by atoms with Gasteiger partial charge in [-0.1, -0.05) is 38.5 Å². The summed E-state index contributed by atoms with van der Waals surface area (Å²) in [5.74, 6) is 1.95. The van der Waals surface area contributed by atoms with Crippen molar-refractivity contribution >= 4 is 16.9 Å². The van der Waals surface area contributed by atoms with Gasteiger partial charge in [0, 0.05) is 17.8 Å². The summed E-state index contributed by atoms with van der Waals surface area (Å²) in [7, 11) is 0. The Morgan fingerprint density at radius 1 is 1.40 bits per heavy atom. The van der Waals surface area contributed by atoms with E-state index in [-0.39, 0.29) is 5.54 Å². The Bertz CT molecular complexity index is 220. The number of thioether (sulfide) groups is 1. The van der Waals surface area contributed by atoms with Crippen molar-refractivity contribution in [3.8, 4) is 0 Å². The van der Waals surface area contributed by atoms with E-state index in [9.17, 15) is 0 Å². The third-order valence-corrected chi connectivity index (χ3v) is 3.97. The molecule has 0 spiro atoms. The van der Waals surface area contributed by atoms with Crippen LogP contribution in [0.25, 0.3) is 0 Å². The van der Waals surface area contributed by atoms with Crippen LogP contribution in [-0.4, -0.2) is 23.0 Å². The zero-order valence-corrected chi connectivity index (χ0v) is 11.3. The predicted molar refractivity (Wildman–Crippen MR) is 70.7 cm³/mol. The Kier molecular flexibility index (Phi) is 4.97. The molecule has 0 saturated carbocycles. The third-order valence-electron chi connectivity index (χ3n) is 3.06. The van der Waals surface area contributed by atoms with Gasteiger partial charge >= 0.3 is 0 Å². The molecule has 1 aliphatic rings. The van der Waals surface area contributed by atoms with E-state index in [4.69, 9.17) is 0 Å². The summed E-state index contributed by atoms with van der Waals surface area (Å²) < 4.78 is 0. The van der Waals surface area contributed by atoms with Gasteiger partial charge in [0.15, 0.2) is 5.17 Å². The molecular formula is C12H24N2S. The maximum Gasteiger partial charge on any atom is 0.156 e. The highest BCUT2D eigenvalue weighted by Gasteiger charge is 2.24. The minimum absolute atomic E-state index is 0.234. The van der Waals surface area contributed by atoms with Crippen molar-refractivity contribution in [3.05, 3.63) is 0 Å². The maximum atomic E-state index is 4.69. The molecule has 1 saturated heterocycles. The topological polar surface area (TPSA) is 24.4 Å². The summed E-state index contributed by atoms with van der Waals surface area (Å²) in [4.78, 5) is 4.69. The molecule has 0 bridgehead atoms. The minimum atomic E-state index is 0.234. The first-order valence-electron chi connectivity index (χ1n) is 6.03. The van der Waals surface area contributed by atoms with Gasteiger partial charge in [-0.2, -0.15) is 0 Å². The first kappa shape index (κ1) is 12.9. The molecule has 0 radical (unpaired) electrons. The van der Waals surface area contributed by atoms with Crippen LogP contribution in [0.4, 0.5) is 0 Å². The van der Waals surface area contributed by atoms with E-state index in [0.717, 1.165) is 17.6 Å². The second-order valence-electron chi connectivity index (χ2n) is 4.94. The quantitative estimate of drug-likeness (QED) is 0.798. The van der Waals surface area contributed by atoms with E-state index in [1.54, 1.807) is 0 Å². The molecule has 0 aromatic rings. The Labute approximate surface area is 98.3 Å². The molecule has 88 valence electrons. The molecule has 0 aromatic carbocycles. The molecule has 2 nitrogen and oxygen atoms in total. The highest BCUT2D eigenvalue weighted by molar-refractivity contribution is 8.13. The van der Waals surface area contributed by atoms with Crippen molar-refractivity contribution in [1.29, 1.82) is 0 Å². The molecule has 15 heavy (non-hydrogen) atoms. The number of rotatable bonds is 4. The fourth-order valence-corrected chi connectivity index (χ4v) is 2.95. The minimum Gasteiger partial charge on any atom is -0.360 e. The van der Waals surface area contributed by atoms with E-state index < -0.39 is 0 Å². The molecule has 1 rings (SSSR count). The van der Waals surface area contributed by atoms with Crippen LogP contribution in [0.15, 0.2) is 4.99 Å².